The number of hydrogen-bond acceptors (Lipinski definition) is 3. The lowest BCUT2D eigenvalue weighted by Gasteiger charge is -2.17. The Labute approximate surface area is 137 Å². The molecule has 0 heterocycles. The minimum Gasteiger partial charge on any atom is -0.483 e. The number of hydrogen-bond donors (Lipinski definition) is 2. The summed E-state index contributed by atoms with van der Waals surface area (Å²) in [7, 11) is 0. The molecule has 0 aliphatic heterocycles. The van der Waals surface area contributed by atoms with Crippen LogP contribution in [0, 0.1) is 0 Å². The van der Waals surface area contributed by atoms with Crippen molar-refractivity contribution < 1.29 is 19.4 Å². The molecule has 5 nitrogen and oxygen atoms in total. The zero-order valence-electron chi connectivity index (χ0n) is 13.9. The predicted molar refractivity (Wildman–Crippen MR) is 89.6 cm³/mol. The van der Waals surface area contributed by atoms with E-state index in [9.17, 15) is 9.59 Å². The maximum Gasteiger partial charge on any atom is 0.326 e. The fourth-order valence-corrected chi connectivity index (χ4v) is 2.11. The van der Waals surface area contributed by atoms with E-state index in [4.69, 9.17) is 9.84 Å². The number of allylic oxidation sites excluding steroid dienone is 1. The molecule has 1 aromatic carbocycles. The fraction of sp³-hybridized carbons (Fsp3) is 0.444. The normalized spacial score (nSPS) is 13.5. The number of nitrogens with one attached hydrogen (secondary N) is 1. The van der Waals surface area contributed by atoms with Crippen molar-refractivity contribution in [3.05, 3.63) is 42.0 Å². The standard InChI is InChI=1S/C18H25NO4/c1-4-6-10-15(18(21)22)19-17(20)12-23-16-11-8-7-9-14(16)13(3)5-2/h4,6-9,11,13,15H,5,10,12H2,1-3H3,(H,19,20)(H,21,22)/b6-4+. The molecule has 126 valence electrons. The van der Waals surface area contributed by atoms with E-state index >= 15 is 0 Å². The highest BCUT2D eigenvalue weighted by Gasteiger charge is 2.19. The van der Waals surface area contributed by atoms with E-state index in [1.807, 2.05) is 24.3 Å². The third kappa shape index (κ3) is 6.14. The molecule has 0 aliphatic carbocycles. The van der Waals surface area contributed by atoms with E-state index in [2.05, 4.69) is 19.2 Å². The van der Waals surface area contributed by atoms with Crippen LogP contribution in [0.1, 0.15) is 45.1 Å². The van der Waals surface area contributed by atoms with Crippen molar-refractivity contribution in [3.63, 3.8) is 0 Å². The lowest BCUT2D eigenvalue weighted by atomic mass is 9.98. The molecule has 0 radical (unpaired) electrons. The van der Waals surface area contributed by atoms with Gasteiger partial charge in [0, 0.05) is 0 Å². The van der Waals surface area contributed by atoms with Gasteiger partial charge in [-0.25, -0.2) is 4.79 Å². The number of benzene rings is 1. The molecule has 5 heteroatoms. The molecule has 1 aromatic rings. The molecule has 1 amide bonds. The average Bonchev–Trinajstić information content (AvgIpc) is 2.56. The van der Waals surface area contributed by atoms with Crippen molar-refractivity contribution >= 4 is 11.9 Å². The summed E-state index contributed by atoms with van der Waals surface area (Å²) in [5.41, 5.74) is 1.05. The second kappa shape index (κ2) is 9.66. The van der Waals surface area contributed by atoms with Gasteiger partial charge in [0.25, 0.3) is 5.91 Å². The van der Waals surface area contributed by atoms with Gasteiger partial charge in [-0.3, -0.25) is 4.79 Å². The van der Waals surface area contributed by atoms with Gasteiger partial charge in [-0.05, 0) is 37.3 Å². The van der Waals surface area contributed by atoms with Crippen LogP contribution in [0.25, 0.3) is 0 Å². The van der Waals surface area contributed by atoms with Crippen molar-refractivity contribution in [1.29, 1.82) is 0 Å². The average molecular weight is 319 g/mol. The highest BCUT2D eigenvalue weighted by atomic mass is 16.5. The molecular weight excluding hydrogens is 294 g/mol. The first kappa shape index (κ1) is 18.7. The summed E-state index contributed by atoms with van der Waals surface area (Å²) in [4.78, 5) is 23.0. The minimum atomic E-state index is -1.06. The molecule has 0 fully saturated rings. The van der Waals surface area contributed by atoms with Gasteiger partial charge in [0.2, 0.25) is 0 Å². The summed E-state index contributed by atoms with van der Waals surface area (Å²) in [5.74, 6) is -0.509. The highest BCUT2D eigenvalue weighted by Crippen LogP contribution is 2.28. The number of aliphatic carboxylic acids is 1. The van der Waals surface area contributed by atoms with Crippen LogP contribution < -0.4 is 10.1 Å². The van der Waals surface area contributed by atoms with E-state index in [0.717, 1.165) is 12.0 Å². The van der Waals surface area contributed by atoms with Gasteiger partial charge in [0.1, 0.15) is 11.8 Å². The van der Waals surface area contributed by atoms with Gasteiger partial charge >= 0.3 is 5.97 Å². The fourth-order valence-electron chi connectivity index (χ4n) is 2.11. The SMILES string of the molecule is C/C=C/CC(NC(=O)COc1ccccc1C(C)CC)C(=O)O. The molecule has 0 bridgehead atoms. The first-order valence-corrected chi connectivity index (χ1v) is 7.84. The van der Waals surface area contributed by atoms with Gasteiger partial charge < -0.3 is 15.2 Å². The van der Waals surface area contributed by atoms with E-state index in [0.29, 0.717) is 11.7 Å². The maximum absolute atomic E-state index is 11.9. The zero-order valence-corrected chi connectivity index (χ0v) is 13.9. The lowest BCUT2D eigenvalue weighted by molar-refractivity contribution is -0.142. The number of ether oxygens (including phenoxy) is 1. The van der Waals surface area contributed by atoms with Gasteiger partial charge in [0.05, 0.1) is 0 Å². The summed E-state index contributed by atoms with van der Waals surface area (Å²) in [6.07, 6.45) is 4.68. The molecular formula is C18H25NO4. The Balaban J connectivity index is 2.64. The third-order valence-corrected chi connectivity index (χ3v) is 3.66. The quantitative estimate of drug-likeness (QED) is 0.686. The molecule has 1 rings (SSSR count). The Morgan fingerprint density at radius 3 is 2.65 bits per heavy atom. The lowest BCUT2D eigenvalue weighted by Crippen LogP contribution is -2.42. The number of carboxylic acid groups (broad SMARTS) is 1. The Morgan fingerprint density at radius 2 is 2.04 bits per heavy atom. The van der Waals surface area contributed by atoms with Gasteiger partial charge in [-0.2, -0.15) is 0 Å². The number of carboxylic acids is 1. The van der Waals surface area contributed by atoms with Crippen LogP contribution in [0.15, 0.2) is 36.4 Å². The van der Waals surface area contributed by atoms with Crippen LogP contribution in [0.3, 0.4) is 0 Å². The van der Waals surface area contributed by atoms with Gasteiger partial charge in [-0.1, -0.05) is 44.2 Å². The molecule has 2 unspecified atom stereocenters. The first-order valence-electron chi connectivity index (χ1n) is 7.84. The predicted octanol–water partition coefficient (Wildman–Crippen LogP) is 3.11. The van der Waals surface area contributed by atoms with Gasteiger partial charge in [0.15, 0.2) is 6.61 Å². The summed E-state index contributed by atoms with van der Waals surface area (Å²) in [5, 5.41) is 11.6. The smallest absolute Gasteiger partial charge is 0.326 e. The zero-order chi connectivity index (χ0) is 17.2. The Morgan fingerprint density at radius 1 is 1.35 bits per heavy atom. The van der Waals surface area contributed by atoms with E-state index < -0.39 is 17.9 Å². The van der Waals surface area contributed by atoms with Crippen molar-refractivity contribution in [2.45, 2.75) is 45.6 Å². The maximum atomic E-state index is 11.9. The van der Waals surface area contributed by atoms with E-state index in [-0.39, 0.29) is 13.0 Å². The Kier molecular flexibility index (Phi) is 7.88. The van der Waals surface area contributed by atoms with Crippen LogP contribution in [0.4, 0.5) is 0 Å². The molecule has 0 saturated heterocycles. The topological polar surface area (TPSA) is 75.6 Å². The second-order valence-corrected chi connectivity index (χ2v) is 5.40. The van der Waals surface area contributed by atoms with Crippen molar-refractivity contribution in [1.82, 2.24) is 5.32 Å². The highest BCUT2D eigenvalue weighted by molar-refractivity contribution is 5.84. The number of carbonyl (C=O) groups is 2. The molecule has 23 heavy (non-hydrogen) atoms. The first-order chi connectivity index (χ1) is 11.0. The van der Waals surface area contributed by atoms with Gasteiger partial charge in [-0.15, -0.1) is 0 Å². The molecule has 2 atom stereocenters. The number of para-hydroxylation sites is 1. The summed E-state index contributed by atoms with van der Waals surface area (Å²) in [6, 6.07) is 6.65. The van der Waals surface area contributed by atoms with Crippen molar-refractivity contribution in [2.75, 3.05) is 6.61 Å². The van der Waals surface area contributed by atoms with E-state index in [1.165, 1.54) is 0 Å². The number of rotatable bonds is 9. The molecule has 2 N–H and O–H groups in total. The molecule has 0 saturated carbocycles. The monoisotopic (exact) mass is 319 g/mol. The second-order valence-electron chi connectivity index (χ2n) is 5.40. The molecule has 0 spiro atoms. The minimum absolute atomic E-state index is 0.201. The van der Waals surface area contributed by atoms with Crippen LogP contribution >= 0.6 is 0 Å². The van der Waals surface area contributed by atoms with Crippen molar-refractivity contribution in [3.8, 4) is 5.75 Å². The number of amides is 1. The van der Waals surface area contributed by atoms with Crippen LogP contribution in [-0.2, 0) is 9.59 Å². The number of carbonyl (C=O) groups excluding carboxylic acids is 1. The van der Waals surface area contributed by atoms with E-state index in [1.54, 1.807) is 19.1 Å². The molecule has 0 aromatic heterocycles. The van der Waals surface area contributed by atoms with Crippen LogP contribution in [0.5, 0.6) is 5.75 Å². The summed E-state index contributed by atoms with van der Waals surface area (Å²) < 4.78 is 5.58. The Bertz CT molecular complexity index is 554. The summed E-state index contributed by atoms with van der Waals surface area (Å²) in [6.45, 7) is 5.79. The van der Waals surface area contributed by atoms with Crippen molar-refractivity contribution in [2.24, 2.45) is 0 Å². The van der Waals surface area contributed by atoms with Crippen LogP contribution in [-0.4, -0.2) is 29.6 Å². The Hall–Kier alpha value is -2.30. The molecule has 0 aliphatic rings. The largest absolute Gasteiger partial charge is 0.483 e. The summed E-state index contributed by atoms with van der Waals surface area (Å²) >= 11 is 0. The third-order valence-electron chi connectivity index (χ3n) is 3.66. The van der Waals surface area contributed by atoms with Crippen LogP contribution in [0.2, 0.25) is 0 Å².